The summed E-state index contributed by atoms with van der Waals surface area (Å²) in [5.74, 6) is -0.226. The predicted octanol–water partition coefficient (Wildman–Crippen LogP) is 2.06. The maximum Gasteiger partial charge on any atom is 0.274 e. The van der Waals surface area contributed by atoms with Crippen LogP contribution in [0.2, 0.25) is 0 Å². The highest BCUT2D eigenvalue weighted by Crippen LogP contribution is 2.15. The van der Waals surface area contributed by atoms with Crippen molar-refractivity contribution in [1.82, 2.24) is 14.8 Å². The molecule has 0 saturated carbocycles. The average Bonchev–Trinajstić information content (AvgIpc) is 2.80. The minimum atomic E-state index is -0.226. The molecule has 6 nitrogen and oxygen atoms in total. The molecule has 0 spiro atoms. The normalized spacial score (nSPS) is 10.3. The molecule has 0 saturated heterocycles. The number of nitrogens with one attached hydrogen (secondary N) is 2. The fourth-order valence-corrected chi connectivity index (χ4v) is 1.92. The number of pyridine rings is 1. The number of nitrogens with zero attached hydrogens (tertiary/aromatic N) is 3. The molecule has 0 bridgehead atoms. The minimum Gasteiger partial charge on any atom is -0.384 e. The number of carbonyl (C=O) groups is 1. The SMILES string of the molecule is CCNc1ccc(C(=O)Nc2cn(C)nc2CC)nc1. The Labute approximate surface area is 118 Å². The summed E-state index contributed by atoms with van der Waals surface area (Å²) in [7, 11) is 1.83. The van der Waals surface area contributed by atoms with Gasteiger partial charge in [0.05, 0.1) is 23.3 Å². The van der Waals surface area contributed by atoms with Gasteiger partial charge >= 0.3 is 0 Å². The number of hydrogen-bond donors (Lipinski definition) is 2. The van der Waals surface area contributed by atoms with Gasteiger partial charge in [-0.15, -0.1) is 0 Å². The second-order valence-electron chi connectivity index (χ2n) is 4.43. The fourth-order valence-electron chi connectivity index (χ4n) is 1.92. The molecule has 2 N–H and O–H groups in total. The number of aromatic nitrogens is 3. The summed E-state index contributed by atoms with van der Waals surface area (Å²) in [6, 6.07) is 3.55. The Bertz CT molecular complexity index is 588. The number of aryl methyl sites for hydroxylation is 2. The molecule has 106 valence electrons. The molecule has 2 heterocycles. The summed E-state index contributed by atoms with van der Waals surface area (Å²) < 4.78 is 1.69. The van der Waals surface area contributed by atoms with Gasteiger partial charge in [0.2, 0.25) is 0 Å². The van der Waals surface area contributed by atoms with Crippen molar-refractivity contribution in [3.8, 4) is 0 Å². The minimum absolute atomic E-state index is 0.226. The lowest BCUT2D eigenvalue weighted by Crippen LogP contribution is -2.14. The first-order valence-corrected chi connectivity index (χ1v) is 6.67. The third-order valence-electron chi connectivity index (χ3n) is 2.87. The van der Waals surface area contributed by atoms with Crippen LogP contribution < -0.4 is 10.6 Å². The van der Waals surface area contributed by atoms with Crippen LogP contribution in [0.5, 0.6) is 0 Å². The summed E-state index contributed by atoms with van der Waals surface area (Å²) >= 11 is 0. The lowest BCUT2D eigenvalue weighted by Gasteiger charge is -2.05. The summed E-state index contributed by atoms with van der Waals surface area (Å²) in [6.07, 6.45) is 4.22. The summed E-state index contributed by atoms with van der Waals surface area (Å²) in [5.41, 5.74) is 2.89. The van der Waals surface area contributed by atoms with Gasteiger partial charge in [-0.05, 0) is 25.5 Å². The van der Waals surface area contributed by atoms with Crippen molar-refractivity contribution in [2.45, 2.75) is 20.3 Å². The van der Waals surface area contributed by atoms with E-state index in [-0.39, 0.29) is 5.91 Å². The van der Waals surface area contributed by atoms with E-state index < -0.39 is 0 Å². The van der Waals surface area contributed by atoms with Crippen LogP contribution in [0.3, 0.4) is 0 Å². The van der Waals surface area contributed by atoms with E-state index in [0.717, 1.165) is 30.0 Å². The Balaban J connectivity index is 2.11. The molecule has 1 amide bonds. The molecule has 0 aliphatic carbocycles. The van der Waals surface area contributed by atoms with E-state index in [0.29, 0.717) is 5.69 Å². The van der Waals surface area contributed by atoms with Gasteiger partial charge in [0.25, 0.3) is 5.91 Å². The Hall–Kier alpha value is -2.37. The van der Waals surface area contributed by atoms with Gasteiger partial charge in [0, 0.05) is 19.8 Å². The molecule has 0 aromatic carbocycles. The lowest BCUT2D eigenvalue weighted by molar-refractivity contribution is 0.102. The van der Waals surface area contributed by atoms with Crippen molar-refractivity contribution >= 4 is 17.3 Å². The van der Waals surface area contributed by atoms with Gasteiger partial charge in [-0.3, -0.25) is 9.48 Å². The molecular weight excluding hydrogens is 254 g/mol. The van der Waals surface area contributed by atoms with E-state index in [2.05, 4.69) is 20.7 Å². The molecule has 0 unspecified atom stereocenters. The first kappa shape index (κ1) is 14.0. The smallest absolute Gasteiger partial charge is 0.274 e. The Morgan fingerprint density at radius 2 is 2.15 bits per heavy atom. The molecule has 20 heavy (non-hydrogen) atoms. The van der Waals surface area contributed by atoms with Gasteiger partial charge in [0.15, 0.2) is 0 Å². The molecule has 2 rings (SSSR count). The second-order valence-corrected chi connectivity index (χ2v) is 4.43. The zero-order chi connectivity index (χ0) is 14.5. The Morgan fingerprint density at radius 3 is 2.75 bits per heavy atom. The van der Waals surface area contributed by atoms with Gasteiger partial charge in [0.1, 0.15) is 5.69 Å². The topological polar surface area (TPSA) is 71.8 Å². The maximum atomic E-state index is 12.1. The van der Waals surface area contributed by atoms with Gasteiger partial charge in [-0.1, -0.05) is 6.92 Å². The number of hydrogen-bond acceptors (Lipinski definition) is 4. The number of amides is 1. The monoisotopic (exact) mass is 273 g/mol. The molecule has 6 heteroatoms. The highest BCUT2D eigenvalue weighted by Gasteiger charge is 2.12. The quantitative estimate of drug-likeness (QED) is 0.874. The molecule has 0 aliphatic rings. The van der Waals surface area contributed by atoms with Crippen molar-refractivity contribution in [2.24, 2.45) is 7.05 Å². The second kappa shape index (κ2) is 6.18. The molecule has 2 aromatic heterocycles. The van der Waals surface area contributed by atoms with Crippen LogP contribution in [0.15, 0.2) is 24.5 Å². The van der Waals surface area contributed by atoms with Crippen LogP contribution in [0.25, 0.3) is 0 Å². The van der Waals surface area contributed by atoms with Crippen LogP contribution in [0.4, 0.5) is 11.4 Å². The van der Waals surface area contributed by atoms with Crippen LogP contribution in [-0.2, 0) is 13.5 Å². The summed E-state index contributed by atoms with van der Waals surface area (Å²) in [5, 5.41) is 10.3. The largest absolute Gasteiger partial charge is 0.384 e. The lowest BCUT2D eigenvalue weighted by atomic mass is 10.2. The predicted molar refractivity (Wildman–Crippen MR) is 78.9 cm³/mol. The first-order chi connectivity index (χ1) is 9.63. The van der Waals surface area contributed by atoms with Crippen LogP contribution in [-0.4, -0.2) is 27.2 Å². The maximum absolute atomic E-state index is 12.1. The first-order valence-electron chi connectivity index (χ1n) is 6.67. The summed E-state index contributed by atoms with van der Waals surface area (Å²) in [6.45, 7) is 4.83. The average molecular weight is 273 g/mol. The number of rotatable bonds is 5. The van der Waals surface area contributed by atoms with Crippen molar-refractivity contribution < 1.29 is 4.79 Å². The molecule has 0 aliphatic heterocycles. The van der Waals surface area contributed by atoms with Crippen molar-refractivity contribution in [1.29, 1.82) is 0 Å². The van der Waals surface area contributed by atoms with Crippen LogP contribution in [0.1, 0.15) is 30.0 Å². The molecular formula is C14H19N5O. The molecule has 0 atom stereocenters. The highest BCUT2D eigenvalue weighted by molar-refractivity contribution is 6.03. The van der Waals surface area contributed by atoms with Crippen molar-refractivity contribution in [3.63, 3.8) is 0 Å². The van der Waals surface area contributed by atoms with Crippen molar-refractivity contribution in [3.05, 3.63) is 35.9 Å². The van der Waals surface area contributed by atoms with Crippen LogP contribution >= 0.6 is 0 Å². The summed E-state index contributed by atoms with van der Waals surface area (Å²) in [4.78, 5) is 16.3. The third kappa shape index (κ3) is 3.14. The zero-order valence-corrected chi connectivity index (χ0v) is 12.0. The van der Waals surface area contributed by atoms with Crippen molar-refractivity contribution in [2.75, 3.05) is 17.2 Å². The number of anilines is 2. The number of carbonyl (C=O) groups excluding carboxylic acids is 1. The van der Waals surface area contributed by atoms with Gasteiger partial charge in [-0.25, -0.2) is 4.98 Å². The standard InChI is InChI=1S/C14H19N5O/c1-4-11-13(9-19(3)18-11)17-14(20)12-7-6-10(8-16-12)15-5-2/h6-9,15H,4-5H2,1-3H3,(H,17,20). The third-order valence-corrected chi connectivity index (χ3v) is 2.87. The van der Waals surface area contributed by atoms with E-state index in [1.54, 1.807) is 23.1 Å². The van der Waals surface area contributed by atoms with E-state index in [1.807, 2.05) is 27.0 Å². The molecule has 0 radical (unpaired) electrons. The van der Waals surface area contributed by atoms with Gasteiger partial charge < -0.3 is 10.6 Å². The van der Waals surface area contributed by atoms with E-state index >= 15 is 0 Å². The highest BCUT2D eigenvalue weighted by atomic mass is 16.1. The van der Waals surface area contributed by atoms with Crippen LogP contribution in [0, 0.1) is 0 Å². The van der Waals surface area contributed by atoms with E-state index in [9.17, 15) is 4.79 Å². The van der Waals surface area contributed by atoms with E-state index in [1.165, 1.54) is 0 Å². The molecule has 2 aromatic rings. The Kier molecular flexibility index (Phi) is 4.34. The van der Waals surface area contributed by atoms with E-state index in [4.69, 9.17) is 0 Å². The molecule has 0 fully saturated rings. The fraction of sp³-hybridized carbons (Fsp3) is 0.357. The zero-order valence-electron chi connectivity index (χ0n) is 12.0. The van der Waals surface area contributed by atoms with Gasteiger partial charge in [-0.2, -0.15) is 5.10 Å². The Morgan fingerprint density at radius 1 is 1.35 bits per heavy atom.